The first-order valence-corrected chi connectivity index (χ1v) is 9.06. The highest BCUT2D eigenvalue weighted by Crippen LogP contribution is 2.27. The van der Waals surface area contributed by atoms with Gasteiger partial charge in [-0.3, -0.25) is 4.98 Å². The minimum absolute atomic E-state index is 0.106. The zero-order valence-corrected chi connectivity index (χ0v) is 14.8. The Morgan fingerprint density at radius 2 is 2.08 bits per heavy atom. The molecule has 0 aliphatic rings. The Balaban J connectivity index is 1.97. The van der Waals surface area contributed by atoms with Crippen LogP contribution in [0.2, 0.25) is 0 Å². The molecule has 0 atom stereocenters. The van der Waals surface area contributed by atoms with E-state index >= 15 is 0 Å². The van der Waals surface area contributed by atoms with Gasteiger partial charge in [0, 0.05) is 23.4 Å². The van der Waals surface area contributed by atoms with Crippen LogP contribution < -0.4 is 9.47 Å². The summed E-state index contributed by atoms with van der Waals surface area (Å²) in [6, 6.07) is 4.99. The SMILES string of the molecule is [2H][13C]([2H])([2H])Oc1c(C)cnc(CS(=O)(=O)c2nc3ccc(OC)cc3[nH]2)c1C. The zero-order chi connectivity index (χ0) is 20.7. The van der Waals surface area contributed by atoms with Gasteiger partial charge in [0.15, 0.2) is 0 Å². The molecule has 0 unspecified atom stereocenters. The first-order valence-electron chi connectivity index (χ1n) is 8.91. The number of benzene rings is 1. The Hall–Kier alpha value is -2.61. The lowest BCUT2D eigenvalue weighted by Gasteiger charge is -2.11. The van der Waals surface area contributed by atoms with Crippen molar-refractivity contribution in [3.05, 3.63) is 41.2 Å². The van der Waals surface area contributed by atoms with Gasteiger partial charge in [0.05, 0.1) is 35.0 Å². The highest BCUT2D eigenvalue weighted by atomic mass is 32.2. The summed E-state index contributed by atoms with van der Waals surface area (Å²) in [5.41, 5.74) is 2.07. The van der Waals surface area contributed by atoms with Gasteiger partial charge in [-0.05, 0) is 26.0 Å². The van der Waals surface area contributed by atoms with Crippen LogP contribution in [-0.2, 0) is 15.6 Å². The number of methoxy groups -OCH3 is 2. The van der Waals surface area contributed by atoms with Crippen LogP contribution in [0.4, 0.5) is 0 Å². The average molecular weight is 365 g/mol. The maximum absolute atomic E-state index is 12.8. The summed E-state index contributed by atoms with van der Waals surface area (Å²) in [6.07, 6.45) is 1.39. The summed E-state index contributed by atoms with van der Waals surface area (Å²) in [4.78, 5) is 11.1. The smallest absolute Gasteiger partial charge is 0.226 e. The Morgan fingerprint density at radius 3 is 2.80 bits per heavy atom. The molecule has 0 amide bonds. The summed E-state index contributed by atoms with van der Waals surface area (Å²) in [5, 5.41) is -0.198. The van der Waals surface area contributed by atoms with Gasteiger partial charge in [-0.1, -0.05) is 0 Å². The largest absolute Gasteiger partial charge is 0.497 e. The van der Waals surface area contributed by atoms with Crippen LogP contribution in [0.25, 0.3) is 11.0 Å². The van der Waals surface area contributed by atoms with Crippen molar-refractivity contribution in [2.24, 2.45) is 0 Å². The van der Waals surface area contributed by atoms with E-state index in [2.05, 4.69) is 15.0 Å². The molecule has 7 nitrogen and oxygen atoms in total. The number of nitrogens with zero attached hydrogens (tertiary/aromatic N) is 2. The third-order valence-corrected chi connectivity index (χ3v) is 5.37. The fourth-order valence-corrected chi connectivity index (χ4v) is 3.84. The van der Waals surface area contributed by atoms with Crippen molar-refractivity contribution in [2.45, 2.75) is 24.8 Å². The molecule has 3 aromatic rings. The number of fused-ring (bicyclic) bond motifs is 1. The molecule has 8 heteroatoms. The minimum Gasteiger partial charge on any atom is -0.497 e. The molecule has 0 aliphatic heterocycles. The second kappa shape index (κ2) is 6.36. The van der Waals surface area contributed by atoms with Crippen molar-refractivity contribution in [1.82, 2.24) is 15.0 Å². The minimum atomic E-state index is -3.86. The quantitative estimate of drug-likeness (QED) is 0.699. The second-order valence-corrected chi connectivity index (χ2v) is 7.53. The van der Waals surface area contributed by atoms with Gasteiger partial charge in [-0.2, -0.15) is 0 Å². The first-order chi connectivity index (χ1) is 13.0. The van der Waals surface area contributed by atoms with Crippen LogP contribution in [0, 0.1) is 13.8 Å². The molecule has 0 bridgehead atoms. The van der Waals surface area contributed by atoms with Crippen LogP contribution in [0.15, 0.2) is 29.6 Å². The lowest BCUT2D eigenvalue weighted by atomic mass is 10.1. The van der Waals surface area contributed by atoms with E-state index in [1.807, 2.05) is 0 Å². The van der Waals surface area contributed by atoms with Crippen LogP contribution in [0.1, 0.15) is 20.9 Å². The normalized spacial score (nSPS) is 14.0. The fourth-order valence-electron chi connectivity index (χ4n) is 2.55. The van der Waals surface area contributed by atoms with Crippen molar-refractivity contribution in [2.75, 3.05) is 14.1 Å². The summed E-state index contributed by atoms with van der Waals surface area (Å²) in [7, 11) is -4.99. The Morgan fingerprint density at radius 1 is 1.28 bits per heavy atom. The lowest BCUT2D eigenvalue weighted by Crippen LogP contribution is -2.10. The maximum atomic E-state index is 12.8. The fraction of sp³-hybridized carbons (Fsp3) is 0.294. The van der Waals surface area contributed by atoms with Crippen molar-refractivity contribution in [3.8, 4) is 11.5 Å². The third-order valence-electron chi connectivity index (χ3n) is 3.94. The number of ether oxygens (including phenoxy) is 2. The van der Waals surface area contributed by atoms with Crippen molar-refractivity contribution >= 4 is 20.9 Å². The molecular formula is C17H19N3O4S. The van der Waals surface area contributed by atoms with Crippen molar-refractivity contribution < 1.29 is 22.0 Å². The van der Waals surface area contributed by atoms with Gasteiger partial charge in [-0.15, -0.1) is 0 Å². The molecule has 25 heavy (non-hydrogen) atoms. The molecule has 0 saturated heterocycles. The first kappa shape index (κ1) is 13.7. The van der Waals surface area contributed by atoms with E-state index in [0.29, 0.717) is 27.9 Å². The number of rotatable bonds is 5. The summed E-state index contributed by atoms with van der Waals surface area (Å²) in [5.74, 6) is 0.227. The number of hydrogen-bond donors (Lipinski definition) is 1. The van der Waals surface area contributed by atoms with Gasteiger partial charge < -0.3 is 14.5 Å². The number of hydrogen-bond acceptors (Lipinski definition) is 6. The summed E-state index contributed by atoms with van der Waals surface area (Å²) >= 11 is 0. The molecule has 1 aromatic carbocycles. The molecule has 132 valence electrons. The topological polar surface area (TPSA) is 94.2 Å². The number of sulfone groups is 1. The maximum Gasteiger partial charge on any atom is 0.226 e. The second-order valence-electron chi connectivity index (χ2n) is 5.63. The van der Waals surface area contributed by atoms with E-state index in [1.165, 1.54) is 13.3 Å². The van der Waals surface area contributed by atoms with Crippen LogP contribution in [0.3, 0.4) is 0 Å². The number of aromatic nitrogens is 3. The molecule has 0 fully saturated rings. The Bertz CT molecular complexity index is 1140. The molecule has 3 rings (SSSR count). The zero-order valence-electron chi connectivity index (χ0n) is 17.0. The van der Waals surface area contributed by atoms with Gasteiger partial charge in [0.25, 0.3) is 0 Å². The van der Waals surface area contributed by atoms with Crippen molar-refractivity contribution in [1.29, 1.82) is 0 Å². The number of nitrogens with one attached hydrogen (secondary N) is 1. The Labute approximate surface area is 150 Å². The number of pyridine rings is 1. The van der Waals surface area contributed by atoms with Gasteiger partial charge in [0.2, 0.25) is 15.0 Å². The van der Waals surface area contributed by atoms with E-state index in [4.69, 9.17) is 13.6 Å². The van der Waals surface area contributed by atoms with E-state index in [-0.39, 0.29) is 16.6 Å². The average Bonchev–Trinajstić information content (AvgIpc) is 3.04. The van der Waals surface area contributed by atoms with Crippen LogP contribution in [-0.4, -0.2) is 37.5 Å². The Kier molecular flexibility index (Phi) is 3.47. The monoisotopic (exact) mass is 365 g/mol. The van der Waals surface area contributed by atoms with Gasteiger partial charge in [0.1, 0.15) is 17.3 Å². The molecule has 1 N–H and O–H groups in total. The molecule has 0 aliphatic carbocycles. The number of aromatic amines is 1. The predicted octanol–water partition coefficient (Wildman–Crippen LogP) is 2.57. The van der Waals surface area contributed by atoms with Crippen LogP contribution in [0.5, 0.6) is 11.5 Å². The number of aryl methyl sites for hydroxylation is 1. The third kappa shape index (κ3) is 3.17. The summed E-state index contributed by atoms with van der Waals surface area (Å²) < 4.78 is 57.7. The van der Waals surface area contributed by atoms with Crippen LogP contribution >= 0.6 is 0 Å². The number of imidazole rings is 1. The standard InChI is InChI=1S/C17H19N3O4S/c1-10-8-18-15(11(2)16(10)24-4)9-25(21,22)17-19-13-6-5-12(23-3)7-14(13)20-17/h5-8H,9H2,1-4H3,(H,19,20)/i4+1D3. The molecular weight excluding hydrogens is 343 g/mol. The highest BCUT2D eigenvalue weighted by Gasteiger charge is 2.23. The molecule has 2 aromatic heterocycles. The van der Waals surface area contributed by atoms with E-state index in [9.17, 15) is 8.42 Å². The van der Waals surface area contributed by atoms with Gasteiger partial charge in [-0.25, -0.2) is 13.4 Å². The molecule has 0 spiro atoms. The molecule has 0 radical (unpaired) electrons. The molecule has 2 heterocycles. The predicted molar refractivity (Wildman–Crippen MR) is 93.8 cm³/mol. The molecule has 0 saturated carbocycles. The van der Waals surface area contributed by atoms with Crippen molar-refractivity contribution in [3.63, 3.8) is 0 Å². The van der Waals surface area contributed by atoms with E-state index in [0.717, 1.165) is 0 Å². The van der Waals surface area contributed by atoms with E-state index in [1.54, 1.807) is 32.0 Å². The lowest BCUT2D eigenvalue weighted by molar-refractivity contribution is 0.407. The summed E-state index contributed by atoms with van der Waals surface area (Å²) in [6.45, 7) is 3.22. The van der Waals surface area contributed by atoms with E-state index < -0.39 is 22.6 Å². The number of H-pyrrole nitrogens is 1. The van der Waals surface area contributed by atoms with Gasteiger partial charge >= 0.3 is 0 Å². The highest BCUT2D eigenvalue weighted by molar-refractivity contribution is 7.90.